The van der Waals surface area contributed by atoms with E-state index < -0.39 is 11.6 Å². The molecule has 0 spiro atoms. The summed E-state index contributed by atoms with van der Waals surface area (Å²) in [6, 6.07) is 2.43. The van der Waals surface area contributed by atoms with E-state index in [0.29, 0.717) is 16.9 Å². The van der Waals surface area contributed by atoms with E-state index in [1.807, 2.05) is 0 Å². The van der Waals surface area contributed by atoms with Gasteiger partial charge in [-0.1, -0.05) is 0 Å². The summed E-state index contributed by atoms with van der Waals surface area (Å²) in [6.45, 7) is 0. The topological polar surface area (TPSA) is 53.1 Å². The first-order valence-electron chi connectivity index (χ1n) is 4.86. The number of nitrogens with two attached hydrogens (primary N) is 1. The summed E-state index contributed by atoms with van der Waals surface area (Å²) in [5.74, 6) is -2.18. The van der Waals surface area contributed by atoms with Crippen molar-refractivity contribution >= 4 is 5.69 Å². The fourth-order valence-corrected chi connectivity index (χ4v) is 1.70. The fourth-order valence-electron chi connectivity index (χ4n) is 1.70. The highest BCUT2D eigenvalue weighted by molar-refractivity contribution is 5.77. The molecule has 4 nitrogen and oxygen atoms in total. The second kappa shape index (κ2) is 4.04. The van der Waals surface area contributed by atoms with Crippen molar-refractivity contribution in [2.45, 2.75) is 0 Å². The zero-order valence-electron chi connectivity index (χ0n) is 9.37. The second-order valence-corrected chi connectivity index (χ2v) is 3.51. The minimum Gasteiger partial charge on any atom is -0.493 e. The van der Waals surface area contributed by atoms with Gasteiger partial charge in [-0.05, 0) is 12.1 Å². The minimum atomic E-state index is -1.04. The van der Waals surface area contributed by atoms with Crippen molar-refractivity contribution in [1.29, 1.82) is 0 Å². The Bertz CT molecular complexity index is 547. The van der Waals surface area contributed by atoms with Crippen LogP contribution in [0.3, 0.4) is 0 Å². The van der Waals surface area contributed by atoms with Gasteiger partial charge in [0.2, 0.25) is 5.82 Å². The molecule has 0 saturated heterocycles. The molecule has 1 aromatic carbocycles. The van der Waals surface area contributed by atoms with E-state index in [2.05, 4.69) is 5.10 Å². The van der Waals surface area contributed by atoms with E-state index in [1.165, 1.54) is 24.1 Å². The van der Waals surface area contributed by atoms with Gasteiger partial charge >= 0.3 is 0 Å². The van der Waals surface area contributed by atoms with Crippen LogP contribution in [0.15, 0.2) is 18.3 Å². The van der Waals surface area contributed by atoms with Crippen molar-refractivity contribution in [2.75, 3.05) is 12.8 Å². The van der Waals surface area contributed by atoms with Crippen LogP contribution < -0.4 is 10.5 Å². The highest BCUT2D eigenvalue weighted by Crippen LogP contribution is 2.35. The number of hydrogen-bond acceptors (Lipinski definition) is 3. The molecule has 1 aromatic heterocycles. The molecule has 0 aliphatic heterocycles. The van der Waals surface area contributed by atoms with E-state index in [1.54, 1.807) is 7.05 Å². The first kappa shape index (κ1) is 11.4. The van der Waals surface area contributed by atoms with Crippen LogP contribution in [0.5, 0.6) is 5.75 Å². The third-order valence-electron chi connectivity index (χ3n) is 2.48. The summed E-state index contributed by atoms with van der Waals surface area (Å²) < 4.78 is 33.0. The van der Waals surface area contributed by atoms with E-state index in [-0.39, 0.29) is 5.75 Å². The largest absolute Gasteiger partial charge is 0.493 e. The standard InChI is InChI=1S/C11H11F2N3O/c1-16-10(8(14)5-15-16)6-3-4-7(12)9(13)11(6)17-2/h3-5H,14H2,1-2H3. The molecule has 17 heavy (non-hydrogen) atoms. The van der Waals surface area contributed by atoms with E-state index in [4.69, 9.17) is 10.5 Å². The number of nitrogen functional groups attached to an aromatic ring is 1. The minimum absolute atomic E-state index is 0.180. The molecule has 0 saturated carbocycles. The number of benzene rings is 1. The Morgan fingerprint density at radius 3 is 2.59 bits per heavy atom. The van der Waals surface area contributed by atoms with Crippen molar-refractivity contribution in [1.82, 2.24) is 9.78 Å². The maximum absolute atomic E-state index is 13.5. The van der Waals surface area contributed by atoms with Crippen LogP contribution in [0.4, 0.5) is 14.5 Å². The highest BCUT2D eigenvalue weighted by Gasteiger charge is 2.19. The molecular weight excluding hydrogens is 228 g/mol. The molecule has 0 aliphatic rings. The molecule has 0 bridgehead atoms. The van der Waals surface area contributed by atoms with Crippen LogP contribution >= 0.6 is 0 Å². The average molecular weight is 239 g/mol. The molecular formula is C11H11F2N3O. The van der Waals surface area contributed by atoms with E-state index >= 15 is 0 Å². The van der Waals surface area contributed by atoms with Gasteiger partial charge in [-0.3, -0.25) is 4.68 Å². The lowest BCUT2D eigenvalue weighted by Crippen LogP contribution is -2.01. The summed E-state index contributed by atoms with van der Waals surface area (Å²) in [7, 11) is 2.93. The second-order valence-electron chi connectivity index (χ2n) is 3.51. The molecule has 2 N–H and O–H groups in total. The Balaban J connectivity index is 2.72. The third-order valence-corrected chi connectivity index (χ3v) is 2.48. The molecule has 1 heterocycles. The zero-order chi connectivity index (χ0) is 12.6. The Kier molecular flexibility index (Phi) is 2.71. The Morgan fingerprint density at radius 2 is 2.06 bits per heavy atom. The van der Waals surface area contributed by atoms with Crippen molar-refractivity contribution in [3.63, 3.8) is 0 Å². The monoisotopic (exact) mass is 239 g/mol. The van der Waals surface area contributed by atoms with Gasteiger partial charge in [0, 0.05) is 12.6 Å². The molecule has 2 aromatic rings. The van der Waals surface area contributed by atoms with Crippen LogP contribution in [-0.4, -0.2) is 16.9 Å². The first-order valence-corrected chi connectivity index (χ1v) is 4.86. The molecule has 0 radical (unpaired) electrons. The van der Waals surface area contributed by atoms with Gasteiger partial charge in [0.05, 0.1) is 24.7 Å². The average Bonchev–Trinajstić information content (AvgIpc) is 2.63. The van der Waals surface area contributed by atoms with E-state index in [9.17, 15) is 8.78 Å². The van der Waals surface area contributed by atoms with Crippen LogP contribution in [0.2, 0.25) is 0 Å². The number of methoxy groups -OCH3 is 1. The van der Waals surface area contributed by atoms with Gasteiger partial charge in [-0.25, -0.2) is 4.39 Å². The summed E-state index contributed by atoms with van der Waals surface area (Å²) in [5, 5.41) is 3.94. The van der Waals surface area contributed by atoms with Gasteiger partial charge < -0.3 is 10.5 Å². The number of aryl methyl sites for hydroxylation is 1. The highest BCUT2D eigenvalue weighted by atomic mass is 19.2. The molecule has 6 heteroatoms. The van der Waals surface area contributed by atoms with Crippen LogP contribution in [0.25, 0.3) is 11.3 Å². The molecule has 90 valence electrons. The quantitative estimate of drug-likeness (QED) is 0.871. The van der Waals surface area contributed by atoms with Crippen molar-refractivity contribution in [3.8, 4) is 17.0 Å². The normalized spacial score (nSPS) is 10.6. The van der Waals surface area contributed by atoms with Gasteiger partial charge in [0.1, 0.15) is 0 Å². The number of rotatable bonds is 2. The van der Waals surface area contributed by atoms with Crippen molar-refractivity contribution < 1.29 is 13.5 Å². The number of hydrogen-bond donors (Lipinski definition) is 1. The summed E-state index contributed by atoms with van der Waals surface area (Å²) >= 11 is 0. The van der Waals surface area contributed by atoms with Gasteiger partial charge in [0.15, 0.2) is 11.6 Å². The maximum Gasteiger partial charge on any atom is 0.201 e. The maximum atomic E-state index is 13.5. The summed E-state index contributed by atoms with van der Waals surface area (Å²) in [6.07, 6.45) is 1.44. The van der Waals surface area contributed by atoms with Gasteiger partial charge in [0.25, 0.3) is 0 Å². The van der Waals surface area contributed by atoms with Crippen molar-refractivity contribution in [2.24, 2.45) is 7.05 Å². The Hall–Kier alpha value is -2.11. The molecule has 0 aliphatic carbocycles. The lowest BCUT2D eigenvalue weighted by molar-refractivity contribution is 0.373. The number of aromatic nitrogens is 2. The smallest absolute Gasteiger partial charge is 0.201 e. The summed E-state index contributed by atoms with van der Waals surface area (Å²) in [5.41, 5.74) is 6.95. The molecule has 0 atom stereocenters. The fraction of sp³-hybridized carbons (Fsp3) is 0.182. The molecule has 0 amide bonds. The van der Waals surface area contributed by atoms with Crippen LogP contribution in [-0.2, 0) is 7.05 Å². The number of ether oxygens (including phenoxy) is 1. The predicted molar refractivity (Wildman–Crippen MR) is 59.5 cm³/mol. The number of anilines is 1. The third kappa shape index (κ3) is 1.71. The molecule has 0 unspecified atom stereocenters. The molecule has 0 fully saturated rings. The van der Waals surface area contributed by atoms with Gasteiger partial charge in [-0.15, -0.1) is 0 Å². The lowest BCUT2D eigenvalue weighted by Gasteiger charge is -2.10. The van der Waals surface area contributed by atoms with Crippen molar-refractivity contribution in [3.05, 3.63) is 30.0 Å². The Labute approximate surface area is 96.6 Å². The van der Waals surface area contributed by atoms with Crippen LogP contribution in [0.1, 0.15) is 0 Å². The first-order chi connectivity index (χ1) is 8.06. The van der Waals surface area contributed by atoms with Crippen LogP contribution in [0, 0.1) is 11.6 Å². The van der Waals surface area contributed by atoms with E-state index in [0.717, 1.165) is 6.07 Å². The number of nitrogens with zero attached hydrogens (tertiary/aromatic N) is 2. The molecule has 2 rings (SSSR count). The number of halogens is 2. The predicted octanol–water partition coefficient (Wildman–Crippen LogP) is 1.96. The Morgan fingerprint density at radius 1 is 1.35 bits per heavy atom. The SMILES string of the molecule is COc1c(-c2c(N)cnn2C)ccc(F)c1F. The summed E-state index contributed by atoms with van der Waals surface area (Å²) in [4.78, 5) is 0. The lowest BCUT2D eigenvalue weighted by atomic mass is 10.1. The van der Waals surface area contributed by atoms with Gasteiger partial charge in [-0.2, -0.15) is 9.49 Å². The zero-order valence-corrected chi connectivity index (χ0v) is 9.37.